The third-order valence-electron chi connectivity index (χ3n) is 0.940. The van der Waals surface area contributed by atoms with Crippen LogP contribution in [0.4, 0.5) is 23.5 Å². The predicted molar refractivity (Wildman–Crippen MR) is 47.1 cm³/mol. The summed E-state index contributed by atoms with van der Waals surface area (Å²) in [4.78, 5) is 0. The van der Waals surface area contributed by atoms with Crippen LogP contribution in [0.15, 0.2) is 30.3 Å². The Bertz CT molecular complexity index is 146. The summed E-state index contributed by atoms with van der Waals surface area (Å²) in [6.45, 7) is 0. The minimum atomic E-state index is 0. The number of hydrogen-bond acceptors (Lipinski definition) is 0. The first kappa shape index (κ1) is 30.6. The Kier molecular flexibility index (Phi) is 42.1. The van der Waals surface area contributed by atoms with Crippen LogP contribution in [-0.2, 0) is 0 Å². The Labute approximate surface area is 68.2 Å². The minimum Gasteiger partial charge on any atom is -0.269 e. The number of benzene rings is 1. The number of rotatable bonds is 0. The summed E-state index contributed by atoms with van der Waals surface area (Å²) in [5.41, 5.74) is 1.32. The van der Waals surface area contributed by atoms with Crippen molar-refractivity contribution in [1.82, 2.24) is 0 Å². The Morgan fingerprint density at radius 3 is 1.17 bits per heavy atom. The van der Waals surface area contributed by atoms with Crippen molar-refractivity contribution in [2.45, 2.75) is 0 Å². The van der Waals surface area contributed by atoms with Gasteiger partial charge in [0.15, 0.2) is 0 Å². The molecule has 0 fully saturated rings. The highest BCUT2D eigenvalue weighted by Gasteiger charge is 1.72. The largest absolute Gasteiger partial charge is 0.269 e. The van der Waals surface area contributed by atoms with E-state index in [1.807, 2.05) is 18.2 Å². The summed E-state index contributed by atoms with van der Waals surface area (Å²) in [7, 11) is 2.08. The first-order valence-electron chi connectivity index (χ1n) is 2.41. The van der Waals surface area contributed by atoms with E-state index >= 15 is 0 Å². The summed E-state index contributed by atoms with van der Waals surface area (Å²) >= 11 is 0. The van der Waals surface area contributed by atoms with Crippen LogP contribution in [0.1, 0.15) is 0 Å². The fourth-order valence-corrected chi connectivity index (χ4v) is 0.534. The van der Waals surface area contributed by atoms with Gasteiger partial charge in [0.1, 0.15) is 7.85 Å². The van der Waals surface area contributed by atoms with Gasteiger partial charge >= 0.3 is 0 Å². The molecule has 0 bridgehead atoms. The van der Waals surface area contributed by atoms with Gasteiger partial charge in [-0.1, -0.05) is 35.8 Å². The Morgan fingerprint density at radius 1 is 0.667 bits per heavy atom. The maximum atomic E-state index is 2.08. The number of hydrogen-bond donors (Lipinski definition) is 0. The van der Waals surface area contributed by atoms with E-state index in [2.05, 4.69) is 20.0 Å². The van der Waals surface area contributed by atoms with Crippen LogP contribution in [0.5, 0.6) is 0 Å². The average molecular weight is 190 g/mol. The van der Waals surface area contributed by atoms with Crippen LogP contribution in [0.2, 0.25) is 0 Å². The molecule has 1 aromatic rings. The Hall–Kier alpha value is -1.07. The first-order chi connectivity index (χ1) is 3.39. The normalized spacial score (nSPS) is 5.00. The van der Waals surface area contributed by atoms with E-state index in [1.165, 1.54) is 5.46 Å². The van der Waals surface area contributed by atoms with Gasteiger partial charge in [0, 0.05) is 0 Å². The van der Waals surface area contributed by atoms with Gasteiger partial charge in [-0.2, -0.15) is 0 Å². The second kappa shape index (κ2) is 16.5. The molecule has 0 amide bonds. The Balaban J connectivity index is -0.0000000327. The van der Waals surface area contributed by atoms with Crippen molar-refractivity contribution in [2.24, 2.45) is 0 Å². The quantitative estimate of drug-likeness (QED) is 0.417. The first-order valence-corrected chi connectivity index (χ1v) is 2.41. The molecule has 0 aliphatic carbocycles. The fraction of sp³-hybridized carbons (Fsp3) is 0. The van der Waals surface area contributed by atoms with Crippen LogP contribution in [-0.4, -0.2) is 7.85 Å². The molecule has 0 aliphatic rings. The van der Waals surface area contributed by atoms with Gasteiger partial charge in [-0.05, 0) is 0 Å². The van der Waals surface area contributed by atoms with Crippen LogP contribution < -0.4 is 5.46 Å². The second-order valence-corrected chi connectivity index (χ2v) is 1.65. The molecule has 1 rings (SSSR count). The lowest BCUT2D eigenvalue weighted by atomic mass is 9.97. The van der Waals surface area contributed by atoms with Gasteiger partial charge in [0.25, 0.3) is 0 Å². The third-order valence-corrected chi connectivity index (χ3v) is 0.940. The van der Waals surface area contributed by atoms with Crippen molar-refractivity contribution in [2.75, 3.05) is 0 Å². The van der Waals surface area contributed by atoms with Gasteiger partial charge in [-0.25, -0.2) is 0 Å². The van der Waals surface area contributed by atoms with Crippen molar-refractivity contribution in [3.63, 3.8) is 0 Å². The van der Waals surface area contributed by atoms with E-state index in [-0.39, 0.29) is 23.5 Å². The third kappa shape index (κ3) is 11.7. The van der Waals surface area contributed by atoms with E-state index in [9.17, 15) is 0 Å². The molecule has 0 N–H and O–H groups in total. The summed E-state index contributed by atoms with van der Waals surface area (Å²) in [5.74, 6) is 0. The molecule has 0 radical (unpaired) electrons. The van der Waals surface area contributed by atoms with Crippen LogP contribution >= 0.6 is 0 Å². The minimum absolute atomic E-state index is 0. The lowest BCUT2D eigenvalue weighted by Gasteiger charge is -1.82. The molecule has 0 heterocycles. The van der Waals surface area contributed by atoms with Gasteiger partial charge < -0.3 is 0 Å². The molecule has 0 atom stereocenters. The highest BCUT2D eigenvalue weighted by Crippen LogP contribution is 1.76. The van der Waals surface area contributed by atoms with Gasteiger partial charge in [0.2, 0.25) is 0 Å². The Morgan fingerprint density at radius 2 is 1.00 bits per heavy atom. The highest BCUT2D eigenvalue weighted by molar-refractivity contribution is 6.32. The summed E-state index contributed by atoms with van der Waals surface area (Å²) in [5, 5.41) is 0. The van der Waals surface area contributed by atoms with Crippen molar-refractivity contribution < 1.29 is 23.5 Å². The van der Waals surface area contributed by atoms with Crippen molar-refractivity contribution in [3.05, 3.63) is 30.3 Å². The molecule has 0 saturated heterocycles. The second-order valence-electron chi connectivity index (χ2n) is 1.65. The lowest BCUT2D eigenvalue weighted by molar-refractivity contribution is 1.11. The van der Waals surface area contributed by atoms with Gasteiger partial charge in [-0.3, -0.25) is 23.5 Å². The van der Waals surface area contributed by atoms with E-state index in [0.717, 1.165) is 0 Å². The monoisotopic (exact) mass is 190 g/mol. The van der Waals surface area contributed by atoms with E-state index in [0.29, 0.717) is 0 Å². The van der Waals surface area contributed by atoms with E-state index < -0.39 is 0 Å². The molecule has 0 nitrogen and oxygen atoms in total. The molecular formula is C6H12BF5. The molecular weight excluding hydrogens is 178 g/mol. The molecule has 12 heavy (non-hydrogen) atoms. The summed E-state index contributed by atoms with van der Waals surface area (Å²) < 4.78 is 0. The van der Waals surface area contributed by atoms with E-state index in [1.54, 1.807) is 0 Å². The summed E-state index contributed by atoms with van der Waals surface area (Å²) in [6, 6.07) is 10.3. The molecule has 0 saturated carbocycles. The van der Waals surface area contributed by atoms with Crippen LogP contribution in [0.25, 0.3) is 0 Å². The van der Waals surface area contributed by atoms with E-state index in [4.69, 9.17) is 0 Å². The topological polar surface area (TPSA) is 0 Å². The zero-order chi connectivity index (χ0) is 5.11. The molecule has 0 spiro atoms. The predicted octanol–water partition coefficient (Wildman–Crippen LogP) is 0.708. The molecule has 0 aromatic heterocycles. The molecule has 74 valence electrons. The zero-order valence-corrected chi connectivity index (χ0v) is 6.43. The highest BCUT2D eigenvalue weighted by atomic mass is 19.0. The van der Waals surface area contributed by atoms with Crippen LogP contribution in [0.3, 0.4) is 0 Å². The smallest absolute Gasteiger partial charge is 0.139 e. The zero-order valence-electron chi connectivity index (χ0n) is 6.43. The fourth-order valence-electron chi connectivity index (χ4n) is 0.534. The number of halogens is 5. The van der Waals surface area contributed by atoms with Gasteiger partial charge in [-0.15, -0.1) is 0 Å². The van der Waals surface area contributed by atoms with Gasteiger partial charge in [0.05, 0.1) is 0 Å². The molecule has 0 aliphatic heterocycles. The van der Waals surface area contributed by atoms with Crippen molar-refractivity contribution in [1.29, 1.82) is 0 Å². The maximum absolute atomic E-state index is 2.08. The van der Waals surface area contributed by atoms with Crippen LogP contribution in [0, 0.1) is 0 Å². The maximum Gasteiger partial charge on any atom is 0.139 e. The molecule has 0 unspecified atom stereocenters. The molecule has 1 aromatic carbocycles. The standard InChI is InChI=1S/C6H7B.5FH/c7-6-4-2-1-3-5-6;;;;;/h1-5H,7H2;5*1H. The average Bonchev–Trinajstić information content (AvgIpc) is 1.69. The summed E-state index contributed by atoms with van der Waals surface area (Å²) in [6.07, 6.45) is 0. The lowest BCUT2D eigenvalue weighted by Crippen LogP contribution is -1.97. The van der Waals surface area contributed by atoms with Crippen molar-refractivity contribution in [3.8, 4) is 0 Å². The molecule has 6 heteroatoms. The van der Waals surface area contributed by atoms with Crippen molar-refractivity contribution >= 4 is 13.3 Å². The SMILES string of the molecule is Bc1ccccc1.F.F.F.F.F.